The van der Waals surface area contributed by atoms with E-state index in [4.69, 9.17) is 14.2 Å². The lowest BCUT2D eigenvalue weighted by Gasteiger charge is -2.35. The second kappa shape index (κ2) is 24.1. The maximum atomic E-state index is 15.7. The number of carbonyl (C=O) groups excluding carboxylic acids is 4. The molecule has 0 unspecified atom stereocenters. The summed E-state index contributed by atoms with van der Waals surface area (Å²) in [7, 11) is -4.38. The molecule has 5 heterocycles. The Labute approximate surface area is 441 Å². The molecular weight excluding hydrogens is 1030 g/mol. The third-order valence-electron chi connectivity index (χ3n) is 13.0. The summed E-state index contributed by atoms with van der Waals surface area (Å²) in [4.78, 5) is 68.1. The lowest BCUT2D eigenvalue weighted by atomic mass is 9.85. The monoisotopic (exact) mass is 1090 g/mol. The highest BCUT2D eigenvalue weighted by molar-refractivity contribution is 7.90. The molecule has 2 saturated heterocycles. The number of fused-ring (bicyclic) bond motifs is 1. The number of aryl methyl sites for hydroxylation is 1. The number of nitrogens with one attached hydrogen (secondary N) is 4. The van der Waals surface area contributed by atoms with Gasteiger partial charge in [-0.2, -0.15) is 12.7 Å². The molecule has 3 aromatic heterocycles. The van der Waals surface area contributed by atoms with Crippen molar-refractivity contribution in [3.8, 4) is 27.3 Å². The number of hydrogen-bond donors (Lipinski definition) is 5. The number of pyridine rings is 1. The quantitative estimate of drug-likeness (QED) is 0.0363. The molecule has 0 aliphatic carbocycles. The van der Waals surface area contributed by atoms with Crippen LogP contribution >= 0.6 is 11.3 Å². The molecule has 404 valence electrons. The number of aromatic amines is 1. The molecule has 2 aliphatic rings. The van der Waals surface area contributed by atoms with Crippen LogP contribution in [0.25, 0.3) is 32.6 Å². The van der Waals surface area contributed by atoms with Crippen LogP contribution in [0.5, 0.6) is 5.75 Å². The molecule has 23 heteroatoms. The molecule has 4 atom stereocenters. The fourth-order valence-corrected chi connectivity index (χ4v) is 11.0. The van der Waals surface area contributed by atoms with Gasteiger partial charge in [-0.15, -0.1) is 11.3 Å². The van der Waals surface area contributed by atoms with E-state index in [9.17, 15) is 37.1 Å². The molecule has 5 N–H and O–H groups in total. The Morgan fingerprint density at radius 1 is 0.934 bits per heavy atom. The van der Waals surface area contributed by atoms with Gasteiger partial charge in [-0.05, 0) is 72.2 Å². The minimum Gasteiger partial charge on any atom is -0.491 e. The molecular formula is C53H59F3N8O10S2. The van der Waals surface area contributed by atoms with E-state index >= 15 is 8.78 Å². The van der Waals surface area contributed by atoms with Crippen molar-refractivity contribution < 1.29 is 60.1 Å². The van der Waals surface area contributed by atoms with Crippen molar-refractivity contribution in [1.29, 1.82) is 0 Å². The zero-order valence-corrected chi connectivity index (χ0v) is 43.9. The normalized spacial score (nSPS) is 17.5. The minimum atomic E-state index is -4.38. The number of aromatic nitrogens is 3. The number of ketones is 1. The Kier molecular flexibility index (Phi) is 17.6. The molecule has 18 nitrogen and oxygen atoms in total. The molecule has 3 aromatic carbocycles. The van der Waals surface area contributed by atoms with E-state index in [0.717, 1.165) is 38.1 Å². The highest BCUT2D eigenvalue weighted by atomic mass is 32.2. The number of β-amino-alcohol motifs (C(OH)–C–C–N with tert-alkyl or cyclic N) is 1. The summed E-state index contributed by atoms with van der Waals surface area (Å²) in [5.74, 6) is -4.53. The van der Waals surface area contributed by atoms with Gasteiger partial charge in [0.15, 0.2) is 5.82 Å². The molecule has 3 amide bonds. The number of rotatable bonds is 22. The number of anilines is 1. The van der Waals surface area contributed by atoms with E-state index in [1.807, 2.05) is 35.9 Å². The van der Waals surface area contributed by atoms with Gasteiger partial charge in [0.25, 0.3) is 0 Å². The third-order valence-corrected chi connectivity index (χ3v) is 15.4. The largest absolute Gasteiger partial charge is 0.491 e. The SMILES string of the molecule is Cc1ncsc1-c1ccc(CNC(=O)[C@@H]2C[C@@H](O)CN2C(=O)[C@@H](NC(=O)COCCCOCCOc2ccc(-c3cnc4[nH]cc(C(=O)c5c(F)ccc(NS(=O)(=O)N6CC[C@@H](F)C6)c5F)c4c3)cc2)C(C)(C)C)cc1. The lowest BCUT2D eigenvalue weighted by Crippen LogP contribution is -2.58. The second-order valence-corrected chi connectivity index (χ2v) is 22.1. The van der Waals surface area contributed by atoms with E-state index in [1.165, 1.54) is 11.1 Å². The smallest absolute Gasteiger partial charge is 0.301 e. The average molecular weight is 1090 g/mol. The first-order valence-corrected chi connectivity index (χ1v) is 26.9. The zero-order chi connectivity index (χ0) is 54.3. The van der Waals surface area contributed by atoms with Gasteiger partial charge < -0.3 is 39.8 Å². The first kappa shape index (κ1) is 55.5. The highest BCUT2D eigenvalue weighted by Gasteiger charge is 2.44. The molecule has 0 spiro atoms. The molecule has 6 aromatic rings. The van der Waals surface area contributed by atoms with E-state index < -0.39 is 92.9 Å². The third kappa shape index (κ3) is 13.2. The minimum absolute atomic E-state index is 0.0177. The molecule has 8 rings (SSSR count). The number of H-pyrrole nitrogens is 1. The Bertz CT molecular complexity index is 3170. The number of likely N-dealkylation sites (tertiary alicyclic amines) is 1. The summed E-state index contributed by atoms with van der Waals surface area (Å²) in [6, 6.07) is 16.1. The summed E-state index contributed by atoms with van der Waals surface area (Å²) >= 11 is 1.55. The predicted octanol–water partition coefficient (Wildman–Crippen LogP) is 6.48. The molecule has 0 radical (unpaired) electrons. The van der Waals surface area contributed by atoms with E-state index in [0.29, 0.717) is 29.9 Å². The van der Waals surface area contributed by atoms with Gasteiger partial charge in [0.1, 0.15) is 48.7 Å². The number of amides is 3. The number of ether oxygens (including phenoxy) is 3. The van der Waals surface area contributed by atoms with Crippen molar-refractivity contribution in [2.45, 2.75) is 77.9 Å². The van der Waals surface area contributed by atoms with Crippen LogP contribution in [0.4, 0.5) is 18.9 Å². The van der Waals surface area contributed by atoms with Gasteiger partial charge in [-0.1, -0.05) is 57.2 Å². The van der Waals surface area contributed by atoms with E-state index in [1.54, 1.807) is 74.1 Å². The van der Waals surface area contributed by atoms with Gasteiger partial charge in [0, 0.05) is 74.7 Å². The topological polar surface area (TPSA) is 234 Å². The number of hydrogen-bond acceptors (Lipinski definition) is 13. The van der Waals surface area contributed by atoms with Gasteiger partial charge in [0.05, 0.1) is 40.0 Å². The maximum Gasteiger partial charge on any atom is 0.301 e. The van der Waals surface area contributed by atoms with Crippen LogP contribution < -0.4 is 20.1 Å². The fourth-order valence-electron chi connectivity index (χ4n) is 8.91. The van der Waals surface area contributed by atoms with Crippen molar-refractivity contribution in [1.82, 2.24) is 34.8 Å². The van der Waals surface area contributed by atoms with Gasteiger partial charge in [-0.3, -0.25) is 23.9 Å². The zero-order valence-electron chi connectivity index (χ0n) is 42.2. The standard InChI is InChI=1S/C53H59F3N8O10S2/c1-31-48(75-30-60-31)34-8-6-32(7-9-34)24-59-51(68)43-23-37(65)28-64(43)52(69)49(53(2,3)4)61-44(66)29-73-19-5-18-72-20-21-74-38-12-10-33(11-13-38)35-22-39-40(26-58-50(39)57-25-35)47(67)45-41(55)14-15-42(46(45)56)62-76(70,71)63-17-16-36(54)27-63/h6-15,22,25-26,30,36-37,43,49,62,65H,5,16-21,23-24,27-29H2,1-4H3,(H,57,58)(H,59,68)(H,61,66)/t36-,37-,43+,49-/m1/s1. The Morgan fingerprint density at radius 2 is 1.67 bits per heavy atom. The van der Waals surface area contributed by atoms with Crippen LogP contribution in [0, 0.1) is 24.0 Å². The van der Waals surface area contributed by atoms with Crippen molar-refractivity contribution in [2.75, 3.05) is 57.4 Å². The first-order valence-electron chi connectivity index (χ1n) is 24.6. The Morgan fingerprint density at radius 3 is 2.37 bits per heavy atom. The van der Waals surface area contributed by atoms with Crippen molar-refractivity contribution in [2.24, 2.45) is 5.41 Å². The van der Waals surface area contributed by atoms with Crippen LogP contribution in [-0.2, 0) is 40.6 Å². The summed E-state index contributed by atoms with van der Waals surface area (Å²) in [6.45, 7) is 7.69. The summed E-state index contributed by atoms with van der Waals surface area (Å²) in [6.07, 6.45) is 1.07. The van der Waals surface area contributed by atoms with Crippen LogP contribution in [0.3, 0.4) is 0 Å². The lowest BCUT2D eigenvalue weighted by molar-refractivity contribution is -0.144. The Hall–Kier alpha value is -6.76. The van der Waals surface area contributed by atoms with Crippen LogP contribution in [0.1, 0.15) is 67.2 Å². The van der Waals surface area contributed by atoms with E-state index in [-0.39, 0.29) is 75.5 Å². The van der Waals surface area contributed by atoms with Crippen LogP contribution in [0.15, 0.2) is 84.6 Å². The predicted molar refractivity (Wildman–Crippen MR) is 278 cm³/mol. The van der Waals surface area contributed by atoms with Gasteiger partial charge in [0.2, 0.25) is 23.5 Å². The number of alkyl halides is 1. The number of thiazole rings is 1. The molecule has 0 saturated carbocycles. The summed E-state index contributed by atoms with van der Waals surface area (Å²) in [5, 5.41) is 16.5. The first-order chi connectivity index (χ1) is 36.3. The highest BCUT2D eigenvalue weighted by Crippen LogP contribution is 2.32. The number of aliphatic hydroxyl groups is 1. The van der Waals surface area contributed by atoms with Crippen LogP contribution in [0.2, 0.25) is 0 Å². The van der Waals surface area contributed by atoms with Crippen molar-refractivity contribution in [3.05, 3.63) is 119 Å². The van der Waals surface area contributed by atoms with Crippen molar-refractivity contribution in [3.63, 3.8) is 0 Å². The molecule has 0 bridgehead atoms. The molecule has 2 fully saturated rings. The summed E-state index contributed by atoms with van der Waals surface area (Å²) < 4.78 is 90.0. The average Bonchev–Trinajstić information content (AvgIpc) is 4.23. The van der Waals surface area contributed by atoms with Gasteiger partial charge >= 0.3 is 10.2 Å². The fraction of sp³-hybridized carbons (Fsp3) is 0.396. The number of nitrogens with zero attached hydrogens (tertiary/aromatic N) is 4. The van der Waals surface area contributed by atoms with Crippen LogP contribution in [-0.4, -0.2) is 138 Å². The maximum absolute atomic E-state index is 15.7. The van der Waals surface area contributed by atoms with Crippen molar-refractivity contribution >= 4 is 61.8 Å². The van der Waals surface area contributed by atoms with Gasteiger partial charge in [-0.25, -0.2) is 23.1 Å². The molecule has 76 heavy (non-hydrogen) atoms. The van der Waals surface area contributed by atoms with E-state index in [2.05, 4.69) is 25.6 Å². The number of halogens is 3. The summed E-state index contributed by atoms with van der Waals surface area (Å²) in [5.41, 5.74) is 3.69. The second-order valence-electron chi connectivity index (χ2n) is 19.6. The molecule has 2 aliphatic heterocycles. The number of carbonyl (C=O) groups is 4. The number of benzene rings is 3. The number of aliphatic hydroxyl groups excluding tert-OH is 1. The Balaban J connectivity index is 0.751.